The minimum absolute atomic E-state index is 0.0564. The highest BCUT2D eigenvalue weighted by Gasteiger charge is 2.12. The summed E-state index contributed by atoms with van der Waals surface area (Å²) in [4.78, 5) is 4.27. The molecule has 0 unspecified atom stereocenters. The van der Waals surface area contributed by atoms with Crippen LogP contribution in [0.2, 0.25) is 5.02 Å². The number of nitrogens with zero attached hydrogens (tertiary/aromatic N) is 2. The molecule has 0 spiro atoms. The normalized spacial score (nSPS) is 11.4. The summed E-state index contributed by atoms with van der Waals surface area (Å²) in [6.45, 7) is 3.71. The SMILES string of the molecule is Cc1ccc(C(N)=NO)c(Oc2ccc(Cl)cc2C)n1. The largest absolute Gasteiger partial charge is 0.438 e. The van der Waals surface area contributed by atoms with Gasteiger partial charge < -0.3 is 15.7 Å². The summed E-state index contributed by atoms with van der Waals surface area (Å²) >= 11 is 5.91. The molecule has 0 bridgehead atoms. The Balaban J connectivity index is 2.44. The van der Waals surface area contributed by atoms with Crippen molar-refractivity contribution in [3.05, 3.63) is 52.2 Å². The summed E-state index contributed by atoms with van der Waals surface area (Å²) in [5.74, 6) is 0.837. The van der Waals surface area contributed by atoms with E-state index < -0.39 is 0 Å². The lowest BCUT2D eigenvalue weighted by Crippen LogP contribution is -2.15. The molecule has 0 saturated heterocycles. The van der Waals surface area contributed by atoms with Crippen molar-refractivity contribution in [3.63, 3.8) is 0 Å². The topological polar surface area (TPSA) is 80.7 Å². The summed E-state index contributed by atoms with van der Waals surface area (Å²) in [5.41, 5.74) is 7.68. The molecule has 1 heterocycles. The van der Waals surface area contributed by atoms with Crippen molar-refractivity contribution in [1.82, 2.24) is 4.98 Å². The molecule has 6 heteroatoms. The Hall–Kier alpha value is -2.27. The van der Waals surface area contributed by atoms with Crippen molar-refractivity contribution in [1.29, 1.82) is 0 Å². The number of oxime groups is 1. The van der Waals surface area contributed by atoms with Crippen LogP contribution in [0.1, 0.15) is 16.8 Å². The first-order chi connectivity index (χ1) is 9.51. The molecule has 0 radical (unpaired) electrons. The molecule has 0 aliphatic heterocycles. The Morgan fingerprint density at radius 3 is 2.70 bits per heavy atom. The summed E-state index contributed by atoms with van der Waals surface area (Å²) in [6, 6.07) is 8.71. The molecule has 1 aromatic carbocycles. The maximum Gasteiger partial charge on any atom is 0.230 e. The smallest absolute Gasteiger partial charge is 0.230 e. The number of nitrogens with two attached hydrogens (primary N) is 1. The van der Waals surface area contributed by atoms with Gasteiger partial charge in [-0.25, -0.2) is 4.98 Å². The Morgan fingerprint density at radius 1 is 1.30 bits per heavy atom. The van der Waals surface area contributed by atoms with Crippen LogP contribution in [0, 0.1) is 13.8 Å². The van der Waals surface area contributed by atoms with E-state index in [2.05, 4.69) is 10.1 Å². The van der Waals surface area contributed by atoms with Crippen molar-refractivity contribution in [2.24, 2.45) is 10.9 Å². The van der Waals surface area contributed by atoms with Gasteiger partial charge in [-0.05, 0) is 49.7 Å². The predicted octanol–water partition coefficient (Wildman–Crippen LogP) is 3.24. The number of halogens is 1. The van der Waals surface area contributed by atoms with Gasteiger partial charge in [0, 0.05) is 10.7 Å². The molecular weight excluding hydrogens is 278 g/mol. The van der Waals surface area contributed by atoms with Gasteiger partial charge in [0.2, 0.25) is 5.88 Å². The first-order valence-corrected chi connectivity index (χ1v) is 6.28. The van der Waals surface area contributed by atoms with E-state index in [0.29, 0.717) is 16.3 Å². The number of hydrogen-bond acceptors (Lipinski definition) is 4. The van der Waals surface area contributed by atoms with Crippen LogP contribution < -0.4 is 10.5 Å². The van der Waals surface area contributed by atoms with Crippen LogP contribution in [-0.2, 0) is 0 Å². The van der Waals surface area contributed by atoms with Crippen LogP contribution in [0.25, 0.3) is 0 Å². The third-order valence-electron chi connectivity index (χ3n) is 2.73. The minimum Gasteiger partial charge on any atom is -0.438 e. The van der Waals surface area contributed by atoms with E-state index in [0.717, 1.165) is 11.3 Å². The minimum atomic E-state index is -0.0564. The molecule has 2 aromatic rings. The number of aryl methyl sites for hydroxylation is 2. The lowest BCUT2D eigenvalue weighted by atomic mass is 10.2. The summed E-state index contributed by atoms with van der Waals surface area (Å²) in [7, 11) is 0. The quantitative estimate of drug-likeness (QED) is 0.394. The predicted molar refractivity (Wildman–Crippen MR) is 77.7 cm³/mol. The Bertz CT molecular complexity index is 671. The highest BCUT2D eigenvalue weighted by molar-refractivity contribution is 6.30. The van der Waals surface area contributed by atoms with Crippen LogP contribution in [0.15, 0.2) is 35.5 Å². The number of aromatic nitrogens is 1. The molecule has 20 heavy (non-hydrogen) atoms. The fourth-order valence-corrected chi connectivity index (χ4v) is 1.92. The average Bonchev–Trinajstić information content (AvgIpc) is 2.41. The lowest BCUT2D eigenvalue weighted by Gasteiger charge is -2.12. The third-order valence-corrected chi connectivity index (χ3v) is 2.96. The second-order valence-corrected chi connectivity index (χ2v) is 4.74. The number of benzene rings is 1. The van der Waals surface area contributed by atoms with E-state index in [9.17, 15) is 0 Å². The van der Waals surface area contributed by atoms with Gasteiger partial charge >= 0.3 is 0 Å². The van der Waals surface area contributed by atoms with Crippen molar-refractivity contribution in [2.45, 2.75) is 13.8 Å². The second-order valence-electron chi connectivity index (χ2n) is 4.30. The Kier molecular flexibility index (Phi) is 4.10. The molecule has 1 aromatic heterocycles. The van der Waals surface area contributed by atoms with Crippen LogP contribution in [0.5, 0.6) is 11.6 Å². The molecule has 0 atom stereocenters. The second kappa shape index (κ2) is 5.79. The van der Waals surface area contributed by atoms with Gasteiger partial charge in [0.1, 0.15) is 5.75 Å². The maximum absolute atomic E-state index is 8.80. The fraction of sp³-hybridized carbons (Fsp3) is 0.143. The Labute approximate surface area is 121 Å². The van der Waals surface area contributed by atoms with E-state index in [1.165, 1.54) is 0 Å². The first kappa shape index (κ1) is 14.1. The molecule has 0 amide bonds. The van der Waals surface area contributed by atoms with Gasteiger partial charge in [0.05, 0.1) is 5.56 Å². The monoisotopic (exact) mass is 291 g/mol. The molecule has 5 nitrogen and oxygen atoms in total. The van der Waals surface area contributed by atoms with E-state index in [1.54, 1.807) is 30.3 Å². The Morgan fingerprint density at radius 2 is 2.05 bits per heavy atom. The highest BCUT2D eigenvalue weighted by Crippen LogP contribution is 2.28. The molecule has 104 valence electrons. The van der Waals surface area contributed by atoms with Gasteiger partial charge in [-0.1, -0.05) is 16.8 Å². The van der Waals surface area contributed by atoms with Crippen LogP contribution in [0.3, 0.4) is 0 Å². The van der Waals surface area contributed by atoms with Gasteiger partial charge in [0.15, 0.2) is 5.84 Å². The van der Waals surface area contributed by atoms with Gasteiger partial charge in [-0.15, -0.1) is 0 Å². The van der Waals surface area contributed by atoms with Crippen LogP contribution in [-0.4, -0.2) is 16.0 Å². The van der Waals surface area contributed by atoms with Crippen molar-refractivity contribution in [3.8, 4) is 11.6 Å². The summed E-state index contributed by atoms with van der Waals surface area (Å²) in [6.07, 6.45) is 0. The summed E-state index contributed by atoms with van der Waals surface area (Å²) < 4.78 is 5.76. The standard InChI is InChI=1S/C14H14ClN3O2/c1-8-7-10(15)4-6-12(8)20-14-11(13(16)18-19)5-3-9(2)17-14/h3-7,19H,1-2H3,(H2,16,18). The van der Waals surface area contributed by atoms with E-state index in [-0.39, 0.29) is 11.7 Å². The third kappa shape index (κ3) is 3.00. The zero-order valence-electron chi connectivity index (χ0n) is 11.1. The lowest BCUT2D eigenvalue weighted by molar-refractivity contribution is 0.318. The number of rotatable bonds is 3. The number of pyridine rings is 1. The molecular formula is C14H14ClN3O2. The molecule has 0 aliphatic rings. The van der Waals surface area contributed by atoms with Crippen LogP contribution in [0.4, 0.5) is 0 Å². The molecule has 2 rings (SSSR count). The zero-order valence-corrected chi connectivity index (χ0v) is 11.8. The van der Waals surface area contributed by atoms with E-state index in [4.69, 9.17) is 27.3 Å². The van der Waals surface area contributed by atoms with Crippen molar-refractivity contribution >= 4 is 17.4 Å². The maximum atomic E-state index is 8.80. The summed E-state index contributed by atoms with van der Waals surface area (Å²) in [5, 5.41) is 12.4. The first-order valence-electron chi connectivity index (χ1n) is 5.91. The highest BCUT2D eigenvalue weighted by atomic mass is 35.5. The molecule has 0 fully saturated rings. The fourth-order valence-electron chi connectivity index (χ4n) is 1.69. The molecule has 0 saturated carbocycles. The number of amidine groups is 1. The average molecular weight is 292 g/mol. The number of hydrogen-bond donors (Lipinski definition) is 2. The van der Waals surface area contributed by atoms with Crippen molar-refractivity contribution < 1.29 is 9.94 Å². The molecule has 3 N–H and O–H groups in total. The zero-order chi connectivity index (χ0) is 14.7. The number of ether oxygens (including phenoxy) is 1. The molecule has 0 aliphatic carbocycles. The van der Waals surface area contributed by atoms with E-state index >= 15 is 0 Å². The van der Waals surface area contributed by atoms with Gasteiger partial charge in [-0.3, -0.25) is 0 Å². The van der Waals surface area contributed by atoms with Gasteiger partial charge in [0.25, 0.3) is 0 Å². The van der Waals surface area contributed by atoms with E-state index in [1.807, 2.05) is 13.8 Å². The van der Waals surface area contributed by atoms with Crippen LogP contribution >= 0.6 is 11.6 Å². The van der Waals surface area contributed by atoms with Crippen molar-refractivity contribution in [2.75, 3.05) is 0 Å². The van der Waals surface area contributed by atoms with Gasteiger partial charge in [-0.2, -0.15) is 0 Å².